The van der Waals surface area contributed by atoms with Gasteiger partial charge in [-0.05, 0) is 43.7 Å². The standard InChI is InChI=1S/C13H19BrN2/c1-10-7-15-11(2)9-16(8-10)13-5-3-12(14)4-6-13/h3-6,10-11,15H,7-9H2,1-2H3. The third-order valence-electron chi connectivity index (χ3n) is 3.03. The van der Waals surface area contributed by atoms with Gasteiger partial charge in [0.2, 0.25) is 0 Å². The van der Waals surface area contributed by atoms with Crippen LogP contribution < -0.4 is 10.2 Å². The summed E-state index contributed by atoms with van der Waals surface area (Å²) in [7, 11) is 0. The Morgan fingerprint density at radius 1 is 1.19 bits per heavy atom. The van der Waals surface area contributed by atoms with Gasteiger partial charge in [-0.25, -0.2) is 0 Å². The van der Waals surface area contributed by atoms with Crippen molar-refractivity contribution in [1.82, 2.24) is 5.32 Å². The minimum Gasteiger partial charge on any atom is -0.370 e. The predicted molar refractivity (Wildman–Crippen MR) is 73.0 cm³/mol. The molecule has 3 heteroatoms. The predicted octanol–water partition coefficient (Wildman–Crippen LogP) is 2.88. The van der Waals surface area contributed by atoms with Crippen LogP contribution in [-0.2, 0) is 0 Å². The second-order valence-corrected chi connectivity index (χ2v) is 5.71. The van der Waals surface area contributed by atoms with Crippen LogP contribution in [0.15, 0.2) is 28.7 Å². The van der Waals surface area contributed by atoms with E-state index in [1.54, 1.807) is 0 Å². The first-order chi connectivity index (χ1) is 7.65. The average Bonchev–Trinajstić information content (AvgIpc) is 2.42. The summed E-state index contributed by atoms with van der Waals surface area (Å²) in [6.45, 7) is 7.90. The molecule has 1 aromatic rings. The van der Waals surface area contributed by atoms with Crippen LogP contribution in [0.25, 0.3) is 0 Å². The maximum Gasteiger partial charge on any atom is 0.0367 e. The summed E-state index contributed by atoms with van der Waals surface area (Å²) in [5.74, 6) is 0.702. The summed E-state index contributed by atoms with van der Waals surface area (Å²) >= 11 is 3.48. The van der Waals surface area contributed by atoms with Gasteiger partial charge >= 0.3 is 0 Å². The lowest BCUT2D eigenvalue weighted by Gasteiger charge is -2.26. The molecule has 16 heavy (non-hydrogen) atoms. The van der Waals surface area contributed by atoms with E-state index in [4.69, 9.17) is 0 Å². The molecule has 1 N–H and O–H groups in total. The Kier molecular flexibility index (Phi) is 3.87. The van der Waals surface area contributed by atoms with Gasteiger partial charge < -0.3 is 10.2 Å². The zero-order valence-electron chi connectivity index (χ0n) is 9.91. The zero-order chi connectivity index (χ0) is 11.5. The molecule has 1 saturated heterocycles. The fourth-order valence-electron chi connectivity index (χ4n) is 2.18. The quantitative estimate of drug-likeness (QED) is 0.852. The van der Waals surface area contributed by atoms with Crippen LogP contribution in [0, 0.1) is 5.92 Å². The molecular formula is C13H19BrN2. The van der Waals surface area contributed by atoms with Crippen molar-refractivity contribution in [2.45, 2.75) is 19.9 Å². The molecule has 0 aliphatic carbocycles. The van der Waals surface area contributed by atoms with Crippen molar-refractivity contribution in [3.8, 4) is 0 Å². The van der Waals surface area contributed by atoms with Crippen molar-refractivity contribution in [1.29, 1.82) is 0 Å². The number of hydrogen-bond acceptors (Lipinski definition) is 2. The fraction of sp³-hybridized carbons (Fsp3) is 0.538. The highest BCUT2D eigenvalue weighted by atomic mass is 79.9. The maximum absolute atomic E-state index is 3.55. The molecule has 0 radical (unpaired) electrons. The molecule has 2 nitrogen and oxygen atoms in total. The van der Waals surface area contributed by atoms with Gasteiger partial charge in [0, 0.05) is 29.3 Å². The van der Waals surface area contributed by atoms with E-state index in [-0.39, 0.29) is 0 Å². The second-order valence-electron chi connectivity index (χ2n) is 4.80. The van der Waals surface area contributed by atoms with E-state index in [0.717, 1.165) is 24.1 Å². The highest BCUT2D eigenvalue weighted by molar-refractivity contribution is 9.10. The van der Waals surface area contributed by atoms with Gasteiger partial charge in [-0.3, -0.25) is 0 Å². The minimum atomic E-state index is 0.564. The van der Waals surface area contributed by atoms with Crippen LogP contribution >= 0.6 is 15.9 Å². The van der Waals surface area contributed by atoms with E-state index in [0.29, 0.717) is 12.0 Å². The molecule has 1 heterocycles. The SMILES string of the molecule is CC1CNC(C)CN(c2ccc(Br)cc2)C1. The number of nitrogens with one attached hydrogen (secondary N) is 1. The molecule has 0 amide bonds. The highest BCUT2D eigenvalue weighted by Crippen LogP contribution is 2.20. The monoisotopic (exact) mass is 282 g/mol. The Morgan fingerprint density at radius 3 is 2.56 bits per heavy atom. The Hall–Kier alpha value is -0.540. The molecule has 1 aliphatic rings. The normalized spacial score (nSPS) is 26.6. The smallest absolute Gasteiger partial charge is 0.0367 e. The number of hydrogen-bond donors (Lipinski definition) is 1. The van der Waals surface area contributed by atoms with E-state index < -0.39 is 0 Å². The molecule has 1 aliphatic heterocycles. The Balaban J connectivity index is 2.14. The molecule has 1 fully saturated rings. The van der Waals surface area contributed by atoms with E-state index in [9.17, 15) is 0 Å². The summed E-state index contributed by atoms with van der Waals surface area (Å²) in [6.07, 6.45) is 0. The molecule has 2 rings (SSSR count). The van der Waals surface area contributed by atoms with Crippen LogP contribution in [0.2, 0.25) is 0 Å². The highest BCUT2D eigenvalue weighted by Gasteiger charge is 2.18. The van der Waals surface area contributed by atoms with Crippen molar-refractivity contribution in [2.75, 3.05) is 24.5 Å². The van der Waals surface area contributed by atoms with Gasteiger partial charge in [0.15, 0.2) is 0 Å². The molecule has 0 saturated carbocycles. The average molecular weight is 283 g/mol. The van der Waals surface area contributed by atoms with E-state index in [1.165, 1.54) is 5.69 Å². The van der Waals surface area contributed by atoms with Gasteiger partial charge in [-0.15, -0.1) is 0 Å². The summed E-state index contributed by atoms with van der Waals surface area (Å²) in [4.78, 5) is 2.47. The summed E-state index contributed by atoms with van der Waals surface area (Å²) in [6, 6.07) is 9.17. The largest absolute Gasteiger partial charge is 0.370 e. The summed E-state index contributed by atoms with van der Waals surface area (Å²) < 4.78 is 1.14. The van der Waals surface area contributed by atoms with Crippen molar-refractivity contribution in [2.24, 2.45) is 5.92 Å². The van der Waals surface area contributed by atoms with E-state index >= 15 is 0 Å². The first-order valence-electron chi connectivity index (χ1n) is 5.89. The number of benzene rings is 1. The van der Waals surface area contributed by atoms with E-state index in [1.807, 2.05) is 0 Å². The number of halogens is 1. The first-order valence-corrected chi connectivity index (χ1v) is 6.68. The topological polar surface area (TPSA) is 15.3 Å². The molecule has 2 atom stereocenters. The van der Waals surface area contributed by atoms with Gasteiger partial charge in [-0.1, -0.05) is 22.9 Å². The zero-order valence-corrected chi connectivity index (χ0v) is 11.5. The molecule has 1 aromatic carbocycles. The second kappa shape index (κ2) is 5.19. The Morgan fingerprint density at radius 2 is 1.88 bits per heavy atom. The number of rotatable bonds is 1. The van der Waals surface area contributed by atoms with Crippen molar-refractivity contribution >= 4 is 21.6 Å². The van der Waals surface area contributed by atoms with Crippen LogP contribution in [0.4, 0.5) is 5.69 Å². The third-order valence-corrected chi connectivity index (χ3v) is 3.56. The van der Waals surface area contributed by atoms with Crippen LogP contribution in [0.1, 0.15) is 13.8 Å². The third kappa shape index (κ3) is 2.98. The lowest BCUT2D eigenvalue weighted by Crippen LogP contribution is -2.35. The van der Waals surface area contributed by atoms with E-state index in [2.05, 4.69) is 64.3 Å². The van der Waals surface area contributed by atoms with Crippen LogP contribution in [0.3, 0.4) is 0 Å². The minimum absolute atomic E-state index is 0.564. The van der Waals surface area contributed by atoms with Gasteiger partial charge in [0.25, 0.3) is 0 Å². The van der Waals surface area contributed by atoms with Crippen molar-refractivity contribution < 1.29 is 0 Å². The molecular weight excluding hydrogens is 264 g/mol. The van der Waals surface area contributed by atoms with Gasteiger partial charge in [-0.2, -0.15) is 0 Å². The molecule has 88 valence electrons. The summed E-state index contributed by atoms with van der Waals surface area (Å²) in [5, 5.41) is 3.55. The molecule has 0 bridgehead atoms. The first kappa shape index (κ1) is 11.9. The molecule has 2 unspecified atom stereocenters. The molecule has 0 spiro atoms. The number of nitrogens with zero attached hydrogens (tertiary/aromatic N) is 1. The maximum atomic E-state index is 3.55. The lowest BCUT2D eigenvalue weighted by atomic mass is 10.1. The van der Waals surface area contributed by atoms with Crippen LogP contribution in [0.5, 0.6) is 0 Å². The summed E-state index contributed by atoms with van der Waals surface area (Å²) in [5.41, 5.74) is 1.32. The van der Waals surface area contributed by atoms with Crippen molar-refractivity contribution in [3.05, 3.63) is 28.7 Å². The lowest BCUT2D eigenvalue weighted by molar-refractivity contribution is 0.525. The Bertz CT molecular complexity index is 324. The Labute approximate surface area is 106 Å². The number of anilines is 1. The molecule has 0 aromatic heterocycles. The fourth-order valence-corrected chi connectivity index (χ4v) is 2.44. The van der Waals surface area contributed by atoms with Gasteiger partial charge in [0.05, 0.1) is 0 Å². The van der Waals surface area contributed by atoms with Crippen LogP contribution in [-0.4, -0.2) is 25.7 Å². The van der Waals surface area contributed by atoms with Crippen molar-refractivity contribution in [3.63, 3.8) is 0 Å². The van der Waals surface area contributed by atoms with Gasteiger partial charge in [0.1, 0.15) is 0 Å².